The van der Waals surface area contributed by atoms with Crippen LogP contribution in [0.4, 0.5) is 0 Å². The molecule has 0 unspecified atom stereocenters. The first-order chi connectivity index (χ1) is 8.90. The van der Waals surface area contributed by atoms with Crippen LogP contribution >= 0.6 is 22.9 Å². The van der Waals surface area contributed by atoms with E-state index < -0.39 is 21.1 Å². The Bertz CT molecular complexity index is 794. The number of carboxylic acids is 1. The number of carbonyl (C=O) groups is 1. The number of benzene rings is 1. The molecule has 4 nitrogen and oxygen atoms in total. The first-order valence-electron chi connectivity index (χ1n) is 5.26. The van der Waals surface area contributed by atoms with Crippen LogP contribution in [0.2, 0.25) is 5.02 Å². The number of thiophene rings is 1. The van der Waals surface area contributed by atoms with E-state index in [1.54, 1.807) is 12.1 Å². The van der Waals surface area contributed by atoms with Gasteiger partial charge in [0.05, 0.1) is 0 Å². The van der Waals surface area contributed by atoms with Gasteiger partial charge < -0.3 is 5.11 Å². The molecular weight excluding hydrogens is 308 g/mol. The van der Waals surface area contributed by atoms with E-state index in [1.165, 1.54) is 11.3 Å². The van der Waals surface area contributed by atoms with Gasteiger partial charge in [0, 0.05) is 21.0 Å². The maximum atomic E-state index is 10.9. The molecule has 1 heterocycles. The summed E-state index contributed by atoms with van der Waals surface area (Å²) in [6, 6.07) is 5.38. The first kappa shape index (κ1) is 14.0. The lowest BCUT2D eigenvalue weighted by molar-refractivity contribution is -0.129. The van der Waals surface area contributed by atoms with Crippen molar-refractivity contribution < 1.29 is 18.3 Å². The highest BCUT2D eigenvalue weighted by Crippen LogP contribution is 2.33. The topological polar surface area (TPSA) is 71.4 Å². The fourth-order valence-electron chi connectivity index (χ4n) is 1.76. The Kier molecular flexibility index (Phi) is 3.93. The molecule has 0 spiro atoms. The van der Waals surface area contributed by atoms with Gasteiger partial charge in [-0.05, 0) is 36.1 Å². The molecule has 0 saturated carbocycles. The molecule has 1 aromatic heterocycles. The maximum absolute atomic E-state index is 10.9. The summed E-state index contributed by atoms with van der Waals surface area (Å²) in [5.41, 5.74) is 0.867. The minimum absolute atomic E-state index is 0.103. The van der Waals surface area contributed by atoms with Crippen molar-refractivity contribution in [1.29, 1.82) is 0 Å². The minimum Gasteiger partial charge on any atom is -0.477 e. The molecule has 7 heteroatoms. The van der Waals surface area contributed by atoms with Crippen LogP contribution in [0.1, 0.15) is 10.4 Å². The number of fused-ring (bicyclic) bond motifs is 1. The monoisotopic (exact) mass is 316 g/mol. The summed E-state index contributed by atoms with van der Waals surface area (Å²) in [6.07, 6.45) is -0.103. The van der Waals surface area contributed by atoms with Crippen molar-refractivity contribution in [3.8, 4) is 0 Å². The molecule has 2 rings (SSSR count). The third-order valence-electron chi connectivity index (χ3n) is 2.76. The summed E-state index contributed by atoms with van der Waals surface area (Å²) >= 11 is 7.29. The third-order valence-corrected chi connectivity index (χ3v) is 4.99. The summed E-state index contributed by atoms with van der Waals surface area (Å²) in [5.74, 6) is -1.41. The summed E-state index contributed by atoms with van der Waals surface area (Å²) in [6.45, 7) is 1.83. The van der Waals surface area contributed by atoms with Gasteiger partial charge in [-0.2, -0.15) is 8.42 Å². The Labute approximate surface area is 119 Å². The predicted octanol–water partition coefficient (Wildman–Crippen LogP) is 2.54. The molecule has 0 atom stereocenters. The quantitative estimate of drug-likeness (QED) is 0.883. The van der Waals surface area contributed by atoms with E-state index in [1.807, 2.05) is 13.0 Å². The van der Waals surface area contributed by atoms with Gasteiger partial charge in [0.15, 0.2) is 4.86 Å². The second-order valence-electron chi connectivity index (χ2n) is 3.93. The van der Waals surface area contributed by atoms with E-state index >= 15 is 0 Å². The Morgan fingerprint density at radius 1 is 1.42 bits per heavy atom. The van der Waals surface area contributed by atoms with Gasteiger partial charge >= 0.3 is 5.97 Å². The highest BCUT2D eigenvalue weighted by Gasteiger charge is 2.17. The van der Waals surface area contributed by atoms with Gasteiger partial charge in [-0.3, -0.25) is 0 Å². The van der Waals surface area contributed by atoms with Gasteiger partial charge in [-0.25, -0.2) is 4.79 Å². The van der Waals surface area contributed by atoms with Gasteiger partial charge in [-0.15, -0.1) is 11.3 Å². The zero-order valence-corrected chi connectivity index (χ0v) is 12.2. The molecule has 0 bridgehead atoms. The number of aryl methyl sites for hydroxylation is 1. The van der Waals surface area contributed by atoms with Crippen molar-refractivity contribution in [1.82, 2.24) is 0 Å². The van der Waals surface area contributed by atoms with E-state index in [2.05, 4.69) is 0 Å². The number of carboxylic acid groups (broad SMARTS) is 1. The van der Waals surface area contributed by atoms with Gasteiger partial charge in [-0.1, -0.05) is 11.6 Å². The average molecular weight is 317 g/mol. The number of rotatable bonds is 3. The molecule has 0 aliphatic carbocycles. The Hall–Kier alpha value is -1.37. The summed E-state index contributed by atoms with van der Waals surface area (Å²) in [4.78, 5) is 11.1. The highest BCUT2D eigenvalue weighted by atomic mass is 35.5. The summed E-state index contributed by atoms with van der Waals surface area (Å²) in [7, 11) is -2.72. The van der Waals surface area contributed by atoms with Crippen molar-refractivity contribution >= 4 is 54.2 Å². The fourth-order valence-corrected chi connectivity index (χ4v) is 3.64. The Morgan fingerprint density at radius 3 is 2.68 bits per heavy atom. The average Bonchev–Trinajstić information content (AvgIpc) is 2.62. The lowest BCUT2D eigenvalue weighted by atomic mass is 10.1. The molecule has 0 fully saturated rings. The van der Waals surface area contributed by atoms with Crippen molar-refractivity contribution in [3.05, 3.63) is 33.7 Å². The van der Waals surface area contributed by atoms with Crippen LogP contribution in [-0.4, -0.2) is 24.4 Å². The SMILES string of the molecule is Cc1c(CC(C(=O)O)=S(=O)=O)sc2ccc(Cl)cc12. The van der Waals surface area contributed by atoms with Crippen LogP contribution < -0.4 is 0 Å². The standard InChI is InChI=1S/C12H9ClO4S2/c1-6-8-4-7(13)2-3-9(8)18-10(6)5-11(12(14)15)19(16)17/h2-4H,5H2,1H3,(H,14,15). The van der Waals surface area contributed by atoms with Crippen molar-refractivity contribution in [2.24, 2.45) is 0 Å². The molecule has 1 N–H and O–H groups in total. The van der Waals surface area contributed by atoms with Crippen LogP contribution in [0.3, 0.4) is 0 Å². The molecule has 0 aliphatic heterocycles. The van der Waals surface area contributed by atoms with Crippen LogP contribution in [0.5, 0.6) is 0 Å². The highest BCUT2D eigenvalue weighted by molar-refractivity contribution is 7.74. The molecule has 0 aliphatic rings. The number of halogens is 1. The normalized spacial score (nSPS) is 10.6. The largest absolute Gasteiger partial charge is 0.477 e. The molecule has 0 amide bonds. The lowest BCUT2D eigenvalue weighted by Gasteiger charge is -1.97. The predicted molar refractivity (Wildman–Crippen MR) is 76.8 cm³/mol. The van der Waals surface area contributed by atoms with Gasteiger partial charge in [0.25, 0.3) is 0 Å². The van der Waals surface area contributed by atoms with Crippen molar-refractivity contribution in [2.45, 2.75) is 13.3 Å². The molecule has 1 aromatic carbocycles. The molecule has 2 aromatic rings. The molecule has 100 valence electrons. The minimum atomic E-state index is -2.72. The van der Waals surface area contributed by atoms with Crippen molar-refractivity contribution in [2.75, 3.05) is 0 Å². The van der Waals surface area contributed by atoms with Crippen LogP contribution in [0.15, 0.2) is 18.2 Å². The zero-order chi connectivity index (χ0) is 14.2. The molecular formula is C12H9ClO4S2. The molecule has 19 heavy (non-hydrogen) atoms. The van der Waals surface area contributed by atoms with Crippen molar-refractivity contribution in [3.63, 3.8) is 0 Å². The van der Waals surface area contributed by atoms with E-state index in [4.69, 9.17) is 16.7 Å². The Morgan fingerprint density at radius 2 is 2.11 bits per heavy atom. The third kappa shape index (κ3) is 2.80. The Balaban J connectivity index is 2.56. The van der Waals surface area contributed by atoms with E-state index in [9.17, 15) is 13.2 Å². The molecule has 0 radical (unpaired) electrons. The summed E-state index contributed by atoms with van der Waals surface area (Å²) < 4.78 is 22.7. The second-order valence-corrected chi connectivity index (χ2v) is 6.47. The smallest absolute Gasteiger partial charge is 0.347 e. The molecule has 0 saturated heterocycles. The van der Waals surface area contributed by atoms with Crippen LogP contribution in [-0.2, 0) is 21.5 Å². The fraction of sp³-hybridized carbons (Fsp3) is 0.167. The number of aliphatic carboxylic acids is 1. The number of hydrogen-bond acceptors (Lipinski definition) is 4. The first-order valence-corrected chi connectivity index (χ1v) is 7.53. The second kappa shape index (κ2) is 5.32. The van der Waals surface area contributed by atoms with E-state index in [0.717, 1.165) is 20.5 Å². The van der Waals surface area contributed by atoms with Gasteiger partial charge in [0.1, 0.15) is 0 Å². The van der Waals surface area contributed by atoms with Gasteiger partial charge in [0.2, 0.25) is 10.3 Å². The lowest BCUT2D eigenvalue weighted by Crippen LogP contribution is -2.16. The maximum Gasteiger partial charge on any atom is 0.347 e. The van der Waals surface area contributed by atoms with Crippen LogP contribution in [0, 0.1) is 6.92 Å². The zero-order valence-electron chi connectivity index (χ0n) is 9.81. The number of hydrogen-bond donors (Lipinski definition) is 1. The van der Waals surface area contributed by atoms with E-state index in [0.29, 0.717) is 5.02 Å². The van der Waals surface area contributed by atoms with E-state index in [-0.39, 0.29) is 6.42 Å². The van der Waals surface area contributed by atoms with Crippen LogP contribution in [0.25, 0.3) is 10.1 Å². The summed E-state index contributed by atoms with van der Waals surface area (Å²) in [5, 5.41) is 10.4.